The number of aliphatic hydroxyl groups excluding tert-OH is 1. The summed E-state index contributed by atoms with van der Waals surface area (Å²) in [5.74, 6) is -1.80. The Morgan fingerprint density at radius 1 is 1.00 bits per heavy atom. The largest absolute Gasteiger partial charge is 0.394 e. The zero-order chi connectivity index (χ0) is 23.1. The lowest BCUT2D eigenvalue weighted by Gasteiger charge is -2.58. The van der Waals surface area contributed by atoms with Crippen LogP contribution in [0, 0.1) is 11.6 Å². The highest BCUT2D eigenvalue weighted by atomic mass is 19.1. The van der Waals surface area contributed by atoms with Crippen LogP contribution in [0.4, 0.5) is 25.0 Å². The first-order valence-electron chi connectivity index (χ1n) is 10.6. The summed E-state index contributed by atoms with van der Waals surface area (Å²) in [6, 6.07) is 17.4. The smallest absolute Gasteiger partial charge is 0.326 e. The summed E-state index contributed by atoms with van der Waals surface area (Å²) in [7, 11) is 0. The lowest BCUT2D eigenvalue weighted by molar-refractivity contribution is -0.0241. The molecule has 3 aromatic carbocycles. The van der Waals surface area contributed by atoms with E-state index in [1.807, 2.05) is 18.2 Å². The number of hydrogen-bond acceptors (Lipinski definition) is 3. The van der Waals surface area contributed by atoms with Crippen LogP contribution in [0.15, 0.2) is 72.8 Å². The first-order chi connectivity index (χ1) is 16.0. The molecule has 6 nitrogen and oxygen atoms in total. The van der Waals surface area contributed by atoms with Gasteiger partial charge in [-0.05, 0) is 35.9 Å². The van der Waals surface area contributed by atoms with Crippen molar-refractivity contribution in [2.45, 2.75) is 18.0 Å². The Morgan fingerprint density at radius 3 is 2.48 bits per heavy atom. The molecular weight excluding hydrogens is 428 g/mol. The molecule has 1 fully saturated rings. The zero-order valence-electron chi connectivity index (χ0n) is 17.5. The number of anilines is 2. The molecule has 2 heterocycles. The topological polar surface area (TPSA) is 72.9 Å². The number of fused-ring (bicyclic) bond motifs is 3. The molecule has 0 saturated carbocycles. The van der Waals surface area contributed by atoms with Gasteiger partial charge in [0.05, 0.1) is 24.4 Å². The van der Waals surface area contributed by atoms with E-state index in [1.54, 1.807) is 41.3 Å². The summed E-state index contributed by atoms with van der Waals surface area (Å²) in [5.41, 5.74) is 1.66. The van der Waals surface area contributed by atoms with Crippen molar-refractivity contribution in [1.29, 1.82) is 0 Å². The maximum atomic E-state index is 14.1. The standard InChI is InChI=1S/C25H21F2N3O3/c26-16-10-11-18(27)19(12-16)28-25(33)29-13-21-23(17-8-4-5-9-20(17)29)22(14-31)30(21)24(32)15-6-2-1-3-7-15/h1-12,21-23,31H,13-14H2,(H,28,33)/t21-,22-,23+/m1/s1. The molecule has 1 saturated heterocycles. The third kappa shape index (κ3) is 3.52. The number of urea groups is 1. The predicted octanol–water partition coefficient (Wildman–Crippen LogP) is 3.99. The van der Waals surface area contributed by atoms with E-state index < -0.39 is 23.7 Å². The second kappa shape index (κ2) is 8.29. The van der Waals surface area contributed by atoms with Crippen LogP contribution in [0.5, 0.6) is 0 Å². The SMILES string of the molecule is O=C(Nc1cc(F)ccc1F)N1C[C@@H]2[C@H](c3ccccc31)[C@@H](CO)N2C(=O)c1ccccc1. The van der Waals surface area contributed by atoms with Crippen LogP contribution < -0.4 is 10.2 Å². The van der Waals surface area contributed by atoms with E-state index >= 15 is 0 Å². The molecule has 2 aliphatic heterocycles. The van der Waals surface area contributed by atoms with Crippen LogP contribution in [-0.4, -0.2) is 47.2 Å². The minimum atomic E-state index is -0.752. The van der Waals surface area contributed by atoms with Gasteiger partial charge in [-0.3, -0.25) is 9.69 Å². The van der Waals surface area contributed by atoms with E-state index in [-0.39, 0.29) is 36.7 Å². The third-order valence-electron chi connectivity index (χ3n) is 6.36. The maximum absolute atomic E-state index is 14.1. The summed E-state index contributed by atoms with van der Waals surface area (Å²) in [5, 5.41) is 12.5. The zero-order valence-corrected chi connectivity index (χ0v) is 17.5. The number of hydrogen-bond donors (Lipinski definition) is 2. The van der Waals surface area contributed by atoms with Gasteiger partial charge in [0.2, 0.25) is 0 Å². The summed E-state index contributed by atoms with van der Waals surface area (Å²) >= 11 is 0. The Kier molecular flexibility index (Phi) is 5.30. The normalized spacial score (nSPS) is 21.0. The van der Waals surface area contributed by atoms with Gasteiger partial charge in [0, 0.05) is 29.8 Å². The fourth-order valence-electron chi connectivity index (χ4n) is 4.86. The lowest BCUT2D eigenvalue weighted by Crippen LogP contribution is -2.71. The van der Waals surface area contributed by atoms with Gasteiger partial charge in [0.15, 0.2) is 0 Å². The molecule has 3 aromatic rings. The van der Waals surface area contributed by atoms with Crippen LogP contribution in [-0.2, 0) is 0 Å². The summed E-state index contributed by atoms with van der Waals surface area (Å²) < 4.78 is 27.7. The van der Waals surface area contributed by atoms with Crippen molar-refractivity contribution in [3.63, 3.8) is 0 Å². The molecular formula is C25H21F2N3O3. The average molecular weight is 449 g/mol. The number of nitrogens with one attached hydrogen (secondary N) is 1. The van der Waals surface area contributed by atoms with Crippen molar-refractivity contribution >= 4 is 23.3 Å². The molecule has 2 aliphatic rings. The highest BCUT2D eigenvalue weighted by Crippen LogP contribution is 2.48. The molecule has 3 atom stereocenters. The maximum Gasteiger partial charge on any atom is 0.326 e. The number of aliphatic hydroxyl groups is 1. The summed E-state index contributed by atoms with van der Waals surface area (Å²) in [6.45, 7) is -0.0612. The fourth-order valence-corrected chi connectivity index (χ4v) is 4.86. The fraction of sp³-hybridized carbons (Fsp3) is 0.200. The highest BCUT2D eigenvalue weighted by molar-refractivity contribution is 6.03. The number of para-hydroxylation sites is 1. The minimum Gasteiger partial charge on any atom is -0.394 e. The molecule has 33 heavy (non-hydrogen) atoms. The Labute approximate surface area is 189 Å². The van der Waals surface area contributed by atoms with E-state index in [0.717, 1.165) is 23.8 Å². The van der Waals surface area contributed by atoms with Gasteiger partial charge >= 0.3 is 6.03 Å². The van der Waals surface area contributed by atoms with Crippen LogP contribution in [0.3, 0.4) is 0 Å². The Bertz CT molecular complexity index is 1220. The van der Waals surface area contributed by atoms with Crippen molar-refractivity contribution in [1.82, 2.24) is 4.90 Å². The van der Waals surface area contributed by atoms with Crippen LogP contribution >= 0.6 is 0 Å². The van der Waals surface area contributed by atoms with E-state index in [9.17, 15) is 23.5 Å². The van der Waals surface area contributed by atoms with Gasteiger partial charge in [0.1, 0.15) is 11.6 Å². The molecule has 0 aliphatic carbocycles. The Hall–Kier alpha value is -3.78. The Morgan fingerprint density at radius 2 is 1.73 bits per heavy atom. The molecule has 0 unspecified atom stereocenters. The number of likely N-dealkylation sites (tertiary alicyclic amines) is 1. The number of rotatable bonds is 3. The predicted molar refractivity (Wildman–Crippen MR) is 119 cm³/mol. The van der Waals surface area contributed by atoms with Crippen molar-refractivity contribution in [2.24, 2.45) is 0 Å². The number of halogens is 2. The van der Waals surface area contributed by atoms with Gasteiger partial charge in [-0.1, -0.05) is 36.4 Å². The molecule has 8 heteroatoms. The van der Waals surface area contributed by atoms with Crippen molar-refractivity contribution in [2.75, 3.05) is 23.4 Å². The quantitative estimate of drug-likeness (QED) is 0.635. The van der Waals surface area contributed by atoms with Gasteiger partial charge in [-0.15, -0.1) is 0 Å². The van der Waals surface area contributed by atoms with Crippen LogP contribution in [0.25, 0.3) is 0 Å². The number of amides is 3. The van der Waals surface area contributed by atoms with Crippen LogP contribution in [0.2, 0.25) is 0 Å². The molecule has 5 rings (SSSR count). The molecule has 168 valence electrons. The summed E-state index contributed by atoms with van der Waals surface area (Å²) in [4.78, 5) is 29.4. The van der Waals surface area contributed by atoms with Crippen molar-refractivity contribution in [3.8, 4) is 0 Å². The van der Waals surface area contributed by atoms with Gasteiger partial charge in [-0.25, -0.2) is 13.6 Å². The molecule has 2 N–H and O–H groups in total. The summed E-state index contributed by atoms with van der Waals surface area (Å²) in [6.07, 6.45) is 0. The van der Waals surface area contributed by atoms with Gasteiger partial charge < -0.3 is 15.3 Å². The highest BCUT2D eigenvalue weighted by Gasteiger charge is 2.55. The number of nitrogens with zero attached hydrogens (tertiary/aromatic N) is 2. The van der Waals surface area contributed by atoms with Crippen LogP contribution in [0.1, 0.15) is 21.8 Å². The van der Waals surface area contributed by atoms with E-state index in [1.165, 1.54) is 4.90 Å². The number of carbonyl (C=O) groups is 2. The molecule has 0 bridgehead atoms. The van der Waals surface area contributed by atoms with Gasteiger partial charge in [0.25, 0.3) is 5.91 Å². The monoisotopic (exact) mass is 449 g/mol. The Balaban J connectivity index is 1.48. The van der Waals surface area contributed by atoms with E-state index in [4.69, 9.17) is 0 Å². The molecule has 0 aromatic heterocycles. The molecule has 0 spiro atoms. The third-order valence-corrected chi connectivity index (χ3v) is 6.36. The van der Waals surface area contributed by atoms with Crippen molar-refractivity contribution in [3.05, 3.63) is 95.6 Å². The number of benzene rings is 3. The van der Waals surface area contributed by atoms with E-state index in [2.05, 4.69) is 5.32 Å². The first kappa shape index (κ1) is 21.1. The number of carbonyl (C=O) groups excluding carboxylic acids is 2. The minimum absolute atomic E-state index is 0.145. The second-order valence-corrected chi connectivity index (χ2v) is 8.15. The van der Waals surface area contributed by atoms with Gasteiger partial charge in [-0.2, -0.15) is 0 Å². The van der Waals surface area contributed by atoms with Crippen molar-refractivity contribution < 1.29 is 23.5 Å². The van der Waals surface area contributed by atoms with E-state index in [0.29, 0.717) is 11.3 Å². The average Bonchev–Trinajstić information content (AvgIpc) is 2.82. The molecule has 3 amide bonds. The second-order valence-electron chi connectivity index (χ2n) is 8.15. The lowest BCUT2D eigenvalue weighted by atomic mass is 9.71. The molecule has 0 radical (unpaired) electrons. The first-order valence-corrected chi connectivity index (χ1v) is 10.6.